The first kappa shape index (κ1) is 13.8. The average molecular weight is 287 g/mol. The highest BCUT2D eigenvalue weighted by atomic mass is 32.1. The Labute approximate surface area is 112 Å². The third kappa shape index (κ3) is 2.86. The van der Waals surface area contributed by atoms with E-state index >= 15 is 0 Å². The second-order valence-corrected chi connectivity index (χ2v) is 4.55. The monoisotopic (exact) mass is 287 g/mol. The van der Waals surface area contributed by atoms with Gasteiger partial charge in [-0.1, -0.05) is 6.07 Å². The van der Waals surface area contributed by atoms with Gasteiger partial charge in [-0.2, -0.15) is 21.9 Å². The third-order valence-corrected chi connectivity index (χ3v) is 3.17. The van der Waals surface area contributed by atoms with E-state index in [2.05, 4.69) is 14.1 Å². The Hall–Kier alpha value is -1.63. The number of hydrogen-bond donors (Lipinski definition) is 1. The number of nitrogens with zero attached hydrogens (tertiary/aromatic N) is 2. The van der Waals surface area contributed by atoms with E-state index in [1.54, 1.807) is 6.92 Å². The molecule has 1 aromatic heterocycles. The standard InChI is InChI=1S/C12H12F3N3S/c1-3-16-11-10(17-19-18-11)9-5-4-8(6-7(9)2)12(13,14)15/h4-6H,3H2,1-2H3,(H,16,18). The zero-order valence-corrected chi connectivity index (χ0v) is 11.2. The van der Waals surface area contributed by atoms with Crippen LogP contribution in [0.15, 0.2) is 18.2 Å². The van der Waals surface area contributed by atoms with Crippen molar-refractivity contribution in [3.63, 3.8) is 0 Å². The molecule has 1 aromatic carbocycles. The number of alkyl halides is 3. The van der Waals surface area contributed by atoms with Crippen LogP contribution >= 0.6 is 11.7 Å². The van der Waals surface area contributed by atoms with E-state index in [1.165, 1.54) is 6.07 Å². The molecule has 0 radical (unpaired) electrons. The Balaban J connectivity index is 2.44. The van der Waals surface area contributed by atoms with Gasteiger partial charge in [0.1, 0.15) is 5.69 Å². The average Bonchev–Trinajstić information content (AvgIpc) is 2.76. The number of benzene rings is 1. The fourth-order valence-corrected chi connectivity index (χ4v) is 2.29. The minimum absolute atomic E-state index is 0.529. The van der Waals surface area contributed by atoms with Crippen molar-refractivity contribution in [2.75, 3.05) is 11.9 Å². The van der Waals surface area contributed by atoms with Crippen LogP contribution in [-0.2, 0) is 6.18 Å². The number of nitrogens with one attached hydrogen (secondary N) is 1. The number of rotatable bonds is 3. The van der Waals surface area contributed by atoms with E-state index in [9.17, 15) is 13.2 Å². The molecule has 1 heterocycles. The fourth-order valence-electron chi connectivity index (χ4n) is 1.75. The number of hydrogen-bond acceptors (Lipinski definition) is 4. The van der Waals surface area contributed by atoms with Gasteiger partial charge in [0.05, 0.1) is 17.3 Å². The molecule has 0 saturated carbocycles. The molecule has 0 saturated heterocycles. The number of halogens is 3. The summed E-state index contributed by atoms with van der Waals surface area (Å²) in [6, 6.07) is 3.64. The van der Waals surface area contributed by atoms with Crippen molar-refractivity contribution in [3.05, 3.63) is 29.3 Å². The number of aromatic nitrogens is 2. The summed E-state index contributed by atoms with van der Waals surface area (Å²) in [5.74, 6) is 0.607. The molecule has 0 aliphatic carbocycles. The van der Waals surface area contributed by atoms with Crippen LogP contribution < -0.4 is 5.32 Å². The van der Waals surface area contributed by atoms with Crippen LogP contribution in [0.4, 0.5) is 19.0 Å². The summed E-state index contributed by atoms with van der Waals surface area (Å²) in [5, 5.41) is 3.04. The number of anilines is 1. The molecular weight excluding hydrogens is 275 g/mol. The van der Waals surface area contributed by atoms with Gasteiger partial charge in [0.15, 0.2) is 5.82 Å². The summed E-state index contributed by atoms with van der Waals surface area (Å²) in [5.41, 5.74) is 1.14. The Bertz CT molecular complexity index is 578. The van der Waals surface area contributed by atoms with Crippen molar-refractivity contribution in [1.82, 2.24) is 8.75 Å². The molecule has 0 aliphatic rings. The quantitative estimate of drug-likeness (QED) is 0.928. The van der Waals surface area contributed by atoms with E-state index in [-0.39, 0.29) is 0 Å². The van der Waals surface area contributed by atoms with Crippen LogP contribution in [0.5, 0.6) is 0 Å². The summed E-state index contributed by atoms with van der Waals surface area (Å²) in [4.78, 5) is 0. The molecule has 2 rings (SSSR count). The van der Waals surface area contributed by atoms with Gasteiger partial charge in [-0.15, -0.1) is 0 Å². The summed E-state index contributed by atoms with van der Waals surface area (Å²) in [7, 11) is 0. The number of aryl methyl sites for hydroxylation is 1. The minimum atomic E-state index is -4.33. The van der Waals surface area contributed by atoms with E-state index in [0.717, 1.165) is 23.9 Å². The second-order valence-electron chi connectivity index (χ2n) is 4.02. The SMILES string of the molecule is CCNc1nsnc1-c1ccc(C(F)(F)F)cc1C. The summed E-state index contributed by atoms with van der Waals surface area (Å²) >= 11 is 1.03. The van der Waals surface area contributed by atoms with Gasteiger partial charge in [-0.05, 0) is 31.5 Å². The Morgan fingerprint density at radius 1 is 1.26 bits per heavy atom. The molecule has 0 unspecified atom stereocenters. The first-order valence-corrected chi connectivity index (χ1v) is 6.41. The van der Waals surface area contributed by atoms with Gasteiger partial charge >= 0.3 is 6.18 Å². The van der Waals surface area contributed by atoms with E-state index in [1.807, 2.05) is 6.92 Å². The van der Waals surface area contributed by atoms with Crippen molar-refractivity contribution in [3.8, 4) is 11.3 Å². The topological polar surface area (TPSA) is 37.8 Å². The molecule has 0 spiro atoms. The van der Waals surface area contributed by atoms with Crippen LogP contribution in [0.1, 0.15) is 18.1 Å². The van der Waals surface area contributed by atoms with Crippen molar-refractivity contribution in [2.45, 2.75) is 20.0 Å². The van der Waals surface area contributed by atoms with Gasteiger partial charge in [0.25, 0.3) is 0 Å². The highest BCUT2D eigenvalue weighted by Crippen LogP contribution is 2.34. The van der Waals surface area contributed by atoms with Gasteiger partial charge in [0, 0.05) is 12.1 Å². The Kier molecular flexibility index (Phi) is 3.75. The lowest BCUT2D eigenvalue weighted by atomic mass is 10.0. The minimum Gasteiger partial charge on any atom is -0.368 e. The van der Waals surface area contributed by atoms with Gasteiger partial charge in [-0.25, -0.2) is 0 Å². The maximum absolute atomic E-state index is 12.6. The van der Waals surface area contributed by atoms with Crippen LogP contribution in [0.25, 0.3) is 11.3 Å². The van der Waals surface area contributed by atoms with Crippen LogP contribution in [0.2, 0.25) is 0 Å². The summed E-state index contributed by atoms with van der Waals surface area (Å²) in [6.07, 6.45) is -4.33. The second kappa shape index (κ2) is 5.16. The molecule has 0 atom stereocenters. The zero-order valence-electron chi connectivity index (χ0n) is 10.4. The molecule has 102 valence electrons. The first-order valence-electron chi connectivity index (χ1n) is 5.68. The van der Waals surface area contributed by atoms with Crippen molar-refractivity contribution < 1.29 is 13.2 Å². The summed E-state index contributed by atoms with van der Waals surface area (Å²) < 4.78 is 46.0. The molecule has 0 amide bonds. The maximum Gasteiger partial charge on any atom is 0.416 e. The molecule has 7 heteroatoms. The molecule has 0 aliphatic heterocycles. The van der Waals surface area contributed by atoms with E-state index in [4.69, 9.17) is 0 Å². The molecule has 0 fully saturated rings. The van der Waals surface area contributed by atoms with Gasteiger partial charge in [-0.3, -0.25) is 0 Å². The Morgan fingerprint density at radius 3 is 2.58 bits per heavy atom. The first-order chi connectivity index (χ1) is 8.93. The third-order valence-electron chi connectivity index (χ3n) is 2.64. The normalized spacial score (nSPS) is 11.6. The van der Waals surface area contributed by atoms with Gasteiger partial charge in [0.2, 0.25) is 0 Å². The van der Waals surface area contributed by atoms with Gasteiger partial charge < -0.3 is 5.32 Å². The fraction of sp³-hybridized carbons (Fsp3) is 0.333. The van der Waals surface area contributed by atoms with Crippen molar-refractivity contribution in [2.24, 2.45) is 0 Å². The molecule has 3 nitrogen and oxygen atoms in total. The van der Waals surface area contributed by atoms with Crippen LogP contribution in [-0.4, -0.2) is 15.3 Å². The van der Waals surface area contributed by atoms with Crippen LogP contribution in [0, 0.1) is 6.92 Å². The molecular formula is C12H12F3N3S. The summed E-state index contributed by atoms with van der Waals surface area (Å²) in [6.45, 7) is 4.24. The van der Waals surface area contributed by atoms with Crippen molar-refractivity contribution in [1.29, 1.82) is 0 Å². The molecule has 2 aromatic rings. The smallest absolute Gasteiger partial charge is 0.368 e. The highest BCUT2D eigenvalue weighted by Gasteiger charge is 2.30. The highest BCUT2D eigenvalue weighted by molar-refractivity contribution is 6.99. The molecule has 19 heavy (non-hydrogen) atoms. The van der Waals surface area contributed by atoms with Crippen molar-refractivity contribution >= 4 is 17.5 Å². The maximum atomic E-state index is 12.6. The largest absolute Gasteiger partial charge is 0.416 e. The predicted octanol–water partition coefficient (Wildman–Crippen LogP) is 3.96. The zero-order chi connectivity index (χ0) is 14.0. The van der Waals surface area contributed by atoms with E-state index in [0.29, 0.717) is 29.2 Å². The molecule has 0 bridgehead atoms. The lowest BCUT2D eigenvalue weighted by molar-refractivity contribution is -0.137. The molecule has 1 N–H and O–H groups in total. The lowest BCUT2D eigenvalue weighted by Crippen LogP contribution is -2.05. The Morgan fingerprint density at radius 2 is 2.00 bits per heavy atom. The van der Waals surface area contributed by atoms with Crippen LogP contribution in [0.3, 0.4) is 0 Å². The lowest BCUT2D eigenvalue weighted by Gasteiger charge is -2.10. The van der Waals surface area contributed by atoms with E-state index < -0.39 is 11.7 Å². The predicted molar refractivity (Wildman–Crippen MR) is 69.2 cm³/mol.